The van der Waals surface area contributed by atoms with E-state index in [-0.39, 0.29) is 61.0 Å². The van der Waals surface area contributed by atoms with E-state index in [4.69, 9.17) is 38.9 Å². The maximum atomic E-state index is 12.7. The number of amides is 2. The number of carbonyl (C=O) groups is 3. The van der Waals surface area contributed by atoms with Crippen molar-refractivity contribution in [3.05, 3.63) is 131 Å². The predicted octanol–water partition coefficient (Wildman–Crippen LogP) is 14.8. The number of benzene rings is 3. The Morgan fingerprint density at radius 1 is 0.573 bits per heavy atom. The third kappa shape index (κ3) is 21.6. The van der Waals surface area contributed by atoms with Crippen LogP contribution in [0.25, 0.3) is 0 Å². The minimum Gasteiger partial charge on any atom is -0.444 e. The zero-order valence-electron chi connectivity index (χ0n) is 57.3. The number of carbonyl (C=O) groups excluding carboxylic acids is 3. The molecule has 3 aromatic rings. The van der Waals surface area contributed by atoms with Crippen molar-refractivity contribution in [2.24, 2.45) is 41.2 Å². The van der Waals surface area contributed by atoms with Gasteiger partial charge in [0.25, 0.3) is 0 Å². The van der Waals surface area contributed by atoms with E-state index >= 15 is 0 Å². The van der Waals surface area contributed by atoms with Crippen molar-refractivity contribution in [2.75, 3.05) is 19.6 Å². The lowest BCUT2D eigenvalue weighted by Gasteiger charge is -2.31. The van der Waals surface area contributed by atoms with Gasteiger partial charge in [-0.15, -0.1) is 13.2 Å². The molecule has 5 heterocycles. The van der Waals surface area contributed by atoms with Gasteiger partial charge in [-0.25, -0.2) is 9.59 Å². The second-order valence-corrected chi connectivity index (χ2v) is 29.4. The Hall–Kier alpha value is -4.93. The Bertz CT molecular complexity index is 2540. The summed E-state index contributed by atoms with van der Waals surface area (Å²) in [6, 6.07) is 26.3. The van der Waals surface area contributed by atoms with Gasteiger partial charge in [0.05, 0.1) is 68.0 Å². The molecular weight excluding hydrogens is 1120 g/mol. The average Bonchev–Trinajstić information content (AvgIpc) is 1.83. The highest BCUT2D eigenvalue weighted by molar-refractivity contribution is 5.70. The highest BCUT2D eigenvalue weighted by Gasteiger charge is 2.50. The third-order valence-electron chi connectivity index (χ3n) is 19.0. The van der Waals surface area contributed by atoms with Gasteiger partial charge in [0, 0.05) is 32.2 Å². The van der Waals surface area contributed by atoms with Crippen LogP contribution in [0.4, 0.5) is 9.59 Å². The molecule has 3 aromatic carbocycles. The summed E-state index contributed by atoms with van der Waals surface area (Å²) >= 11 is 0. The molecule has 3 N–H and O–H groups in total. The third-order valence-corrected chi connectivity index (χ3v) is 19.0. The Labute approximate surface area is 536 Å². The van der Waals surface area contributed by atoms with Crippen molar-refractivity contribution >= 4 is 18.5 Å². The number of nitrogens with zero attached hydrogens (tertiary/aromatic N) is 2. The summed E-state index contributed by atoms with van der Waals surface area (Å²) in [5.41, 5.74) is 11.0. The molecule has 5 saturated heterocycles. The number of aryl methyl sites for hydroxylation is 6. The van der Waals surface area contributed by atoms with Crippen molar-refractivity contribution < 1.29 is 52.6 Å². The normalized spacial score (nSPS) is 29.1. The molecule has 0 aliphatic carbocycles. The van der Waals surface area contributed by atoms with Crippen LogP contribution in [0, 0.1) is 56.3 Å². The number of hydrogen-bond donors (Lipinski definition) is 2. The van der Waals surface area contributed by atoms with E-state index in [1.54, 1.807) is 9.80 Å². The molecule has 5 aliphatic heterocycles. The smallest absolute Gasteiger partial charge is 0.412 e. The highest BCUT2D eigenvalue weighted by atomic mass is 16.6. The first-order chi connectivity index (χ1) is 41.8. The molecule has 0 bridgehead atoms. The van der Waals surface area contributed by atoms with Crippen LogP contribution in [-0.2, 0) is 57.2 Å². The van der Waals surface area contributed by atoms with E-state index in [1.165, 1.54) is 33.4 Å². The number of ether oxygens (including phenoxy) is 7. The fourth-order valence-electron chi connectivity index (χ4n) is 13.9. The molecule has 0 unspecified atom stereocenters. The predicted molar refractivity (Wildman–Crippen MR) is 355 cm³/mol. The van der Waals surface area contributed by atoms with Crippen LogP contribution in [-0.4, -0.2) is 131 Å². The number of aldehydes is 1. The molecule has 14 nitrogen and oxygen atoms in total. The number of aliphatic hydroxyl groups is 1. The van der Waals surface area contributed by atoms with E-state index in [2.05, 4.69) is 127 Å². The van der Waals surface area contributed by atoms with Gasteiger partial charge in [-0.2, -0.15) is 0 Å². The van der Waals surface area contributed by atoms with Gasteiger partial charge < -0.3 is 48.8 Å². The molecule has 8 rings (SSSR count). The first-order valence-electron chi connectivity index (χ1n) is 33.4. The van der Waals surface area contributed by atoms with E-state index in [9.17, 15) is 19.5 Å². The van der Waals surface area contributed by atoms with Crippen LogP contribution < -0.4 is 5.73 Å². The highest BCUT2D eigenvalue weighted by Crippen LogP contribution is 2.44. The number of hydrogen-bond acceptors (Lipinski definition) is 12. The molecule has 0 aromatic heterocycles. The second-order valence-electron chi connectivity index (χ2n) is 29.4. The first kappa shape index (κ1) is 73.1. The monoisotopic (exact) mass is 1230 g/mol. The molecule has 89 heavy (non-hydrogen) atoms. The van der Waals surface area contributed by atoms with Gasteiger partial charge in [-0.1, -0.05) is 122 Å². The van der Waals surface area contributed by atoms with E-state index < -0.39 is 28.8 Å². The maximum absolute atomic E-state index is 12.7. The van der Waals surface area contributed by atoms with Gasteiger partial charge >= 0.3 is 12.2 Å². The van der Waals surface area contributed by atoms with E-state index in [0.717, 1.165) is 64.1 Å². The van der Waals surface area contributed by atoms with Crippen LogP contribution in [0.15, 0.2) is 98.1 Å². The minimum atomic E-state index is -0.734. The fraction of sp³-hybridized carbons (Fsp3) is 0.667. The zero-order chi connectivity index (χ0) is 65.6. The maximum Gasteiger partial charge on any atom is 0.412 e. The number of nitrogens with two attached hydrogens (primary N) is 1. The Morgan fingerprint density at radius 3 is 1.19 bits per heavy atom. The summed E-state index contributed by atoms with van der Waals surface area (Å²) in [5, 5.41) is 9.85. The Kier molecular flexibility index (Phi) is 26.8. The summed E-state index contributed by atoms with van der Waals surface area (Å²) in [6.07, 6.45) is 14.6. The second kappa shape index (κ2) is 32.6. The van der Waals surface area contributed by atoms with Crippen LogP contribution in [0.5, 0.6) is 0 Å². The van der Waals surface area contributed by atoms with Gasteiger partial charge in [-0.05, 0) is 194 Å². The van der Waals surface area contributed by atoms with Crippen molar-refractivity contribution in [1.29, 1.82) is 0 Å². The summed E-state index contributed by atoms with van der Waals surface area (Å²) in [6.45, 7) is 41.1. The lowest BCUT2D eigenvalue weighted by molar-refractivity contribution is -0.111. The first-order valence-corrected chi connectivity index (χ1v) is 33.4. The van der Waals surface area contributed by atoms with Crippen LogP contribution >= 0.6 is 0 Å². The summed E-state index contributed by atoms with van der Waals surface area (Å²) in [5.74, 6) is 2.46. The van der Waals surface area contributed by atoms with Gasteiger partial charge in [0.2, 0.25) is 0 Å². The quantitative estimate of drug-likeness (QED) is 0.0722. The van der Waals surface area contributed by atoms with Crippen LogP contribution in [0.2, 0.25) is 0 Å². The Balaban J connectivity index is 0.000000217. The Morgan fingerprint density at radius 2 is 0.888 bits per heavy atom. The largest absolute Gasteiger partial charge is 0.444 e. The van der Waals surface area contributed by atoms with Crippen LogP contribution in [0.3, 0.4) is 0 Å². The molecular formula is C75H115N3O11. The standard InChI is InChI=1S/C28H43NO4.C27H41NO5.C20H31NO2/c1-9-10-24-23(16-15-21-13-11-19(2)12-14-21)20(3)25(31-24)17-22-18-29(28(7,8)32-22)26(30)33-27(4,5)6;1-18-8-10-20(11-9-18)12-13-22-19(2)24(31-23(22)14-15-29)16-21-17-28(27(6,7)32-21)25(30)33-26(3,4)5;1-4-5-19-18(11-10-16-8-6-14(2)7-9-16)15(3)20(23-19)12-17(22)13-21/h9,11-14,20,22-25H,1,10,15-18H2,2-8H3;8-11,15,19,21-24H,12-14,16-17H2,1-7H3;4,6-9,15,17-20,22H,1,5,10-13,21H2,2-3H3/t20-,22+,23-,24+,25-;19-,21+,22-,23+,24-;15-,17+,18-,19+,20-/m111/s1. The van der Waals surface area contributed by atoms with Crippen molar-refractivity contribution in [2.45, 2.75) is 265 Å². The fourth-order valence-corrected chi connectivity index (χ4v) is 13.9. The molecule has 5 fully saturated rings. The van der Waals surface area contributed by atoms with Gasteiger partial charge in [0.1, 0.15) is 28.9 Å². The van der Waals surface area contributed by atoms with Crippen molar-refractivity contribution in [1.82, 2.24) is 9.80 Å². The van der Waals surface area contributed by atoms with Gasteiger partial charge in [-0.3, -0.25) is 9.80 Å². The van der Waals surface area contributed by atoms with E-state index in [0.29, 0.717) is 74.4 Å². The topological polar surface area (TPSA) is 169 Å². The molecule has 2 amide bonds. The molecule has 496 valence electrons. The molecule has 0 radical (unpaired) electrons. The lowest BCUT2D eigenvalue weighted by Crippen LogP contribution is -2.46. The zero-order valence-corrected chi connectivity index (χ0v) is 57.3. The molecule has 0 spiro atoms. The minimum absolute atomic E-state index is 0.00245. The number of aliphatic hydroxyl groups excluding tert-OH is 1. The lowest BCUT2D eigenvalue weighted by atomic mass is 9.82. The molecule has 14 heteroatoms. The summed E-state index contributed by atoms with van der Waals surface area (Å²) in [7, 11) is 0. The number of rotatable bonds is 22. The SMILES string of the molecule is C=CC[C@@H]1O[C@H](C[C@H](O)CN)[C@H](C)[C@H]1CCc1ccc(C)cc1.C=CC[C@@H]1O[C@H](C[C@H]2CN(C(=O)OC(C)(C)C)C(C)(C)O2)[C@H](C)[C@H]1CCc1ccc(C)cc1.Cc1ccc(CC[C@@H]2[C@@H](C)[C@@H](C[C@H]3CN(C(=O)OC(C)(C)C)C(C)(C)O3)O[C@H]2CC=O)cc1. The van der Waals surface area contributed by atoms with Gasteiger partial charge in [0.15, 0.2) is 0 Å². The molecule has 0 saturated carbocycles. The van der Waals surface area contributed by atoms with Crippen molar-refractivity contribution in [3.63, 3.8) is 0 Å². The average molecular weight is 1230 g/mol. The molecule has 5 aliphatic rings. The van der Waals surface area contributed by atoms with Crippen LogP contribution in [0.1, 0.15) is 181 Å². The summed E-state index contributed by atoms with van der Waals surface area (Å²) in [4.78, 5) is 40.1. The summed E-state index contributed by atoms with van der Waals surface area (Å²) < 4.78 is 42.9. The van der Waals surface area contributed by atoms with E-state index in [1.807, 2.05) is 81.4 Å². The van der Waals surface area contributed by atoms with Crippen molar-refractivity contribution in [3.8, 4) is 0 Å². The molecule has 15 atom stereocenters.